The van der Waals surface area contributed by atoms with Crippen LogP contribution in [0.4, 0.5) is 16.6 Å². The second kappa shape index (κ2) is 5.05. The Morgan fingerprint density at radius 2 is 1.89 bits per heavy atom. The van der Waals surface area contributed by atoms with Gasteiger partial charge in [0, 0.05) is 31.6 Å². The average molecular weight is 275 g/mol. The molecule has 6 heteroatoms. The number of rotatable bonds is 2. The van der Waals surface area contributed by atoms with Gasteiger partial charge in [0.1, 0.15) is 5.82 Å². The molecule has 19 heavy (non-hydrogen) atoms. The highest BCUT2D eigenvalue weighted by Crippen LogP contribution is 2.22. The Hall–Kier alpha value is -1.82. The lowest BCUT2D eigenvalue weighted by Crippen LogP contribution is -2.46. The van der Waals surface area contributed by atoms with Crippen LogP contribution in [-0.2, 0) is 0 Å². The van der Waals surface area contributed by atoms with Crippen LogP contribution in [0.1, 0.15) is 5.69 Å². The molecule has 2 aromatic rings. The molecule has 1 fully saturated rings. The van der Waals surface area contributed by atoms with Crippen molar-refractivity contribution in [2.45, 2.75) is 6.92 Å². The van der Waals surface area contributed by atoms with Gasteiger partial charge in [-0.15, -0.1) is 11.3 Å². The van der Waals surface area contributed by atoms with Gasteiger partial charge in [-0.25, -0.2) is 9.97 Å². The second-order valence-corrected chi connectivity index (χ2v) is 5.53. The molecule has 2 N–H and O–H groups in total. The normalized spacial score (nSPS) is 15.8. The lowest BCUT2D eigenvalue weighted by atomic mass is 10.3. The van der Waals surface area contributed by atoms with Crippen LogP contribution in [0, 0.1) is 6.92 Å². The first-order chi connectivity index (χ1) is 9.22. The van der Waals surface area contributed by atoms with Gasteiger partial charge in [0.2, 0.25) is 0 Å². The van der Waals surface area contributed by atoms with E-state index in [4.69, 9.17) is 5.73 Å². The van der Waals surface area contributed by atoms with E-state index in [1.807, 2.05) is 19.1 Å². The lowest BCUT2D eigenvalue weighted by molar-refractivity contribution is 0.646. The van der Waals surface area contributed by atoms with Crippen molar-refractivity contribution in [1.82, 2.24) is 9.97 Å². The number of nitrogens with two attached hydrogens (primary N) is 1. The van der Waals surface area contributed by atoms with E-state index in [1.54, 1.807) is 17.5 Å². The second-order valence-electron chi connectivity index (χ2n) is 4.70. The third-order valence-electron chi connectivity index (χ3n) is 3.25. The Morgan fingerprint density at radius 1 is 1.16 bits per heavy atom. The molecule has 0 aliphatic carbocycles. The van der Waals surface area contributed by atoms with Crippen LogP contribution >= 0.6 is 11.3 Å². The molecule has 0 bridgehead atoms. The van der Waals surface area contributed by atoms with Gasteiger partial charge in [-0.3, -0.25) is 0 Å². The number of anilines is 3. The van der Waals surface area contributed by atoms with Crippen molar-refractivity contribution in [2.24, 2.45) is 0 Å². The summed E-state index contributed by atoms with van der Waals surface area (Å²) < 4.78 is 0. The largest absolute Gasteiger partial charge is 0.397 e. The maximum Gasteiger partial charge on any atom is 0.185 e. The molecule has 0 amide bonds. The van der Waals surface area contributed by atoms with Gasteiger partial charge < -0.3 is 15.5 Å². The van der Waals surface area contributed by atoms with E-state index in [0.717, 1.165) is 42.8 Å². The minimum Gasteiger partial charge on any atom is -0.397 e. The summed E-state index contributed by atoms with van der Waals surface area (Å²) >= 11 is 1.72. The predicted octanol–water partition coefficient (Wildman–Crippen LogP) is 1.76. The zero-order valence-corrected chi connectivity index (χ0v) is 11.7. The molecule has 0 radical (unpaired) electrons. The Morgan fingerprint density at radius 3 is 2.47 bits per heavy atom. The molecule has 1 saturated heterocycles. The molecule has 0 atom stereocenters. The number of nitrogens with zero attached hydrogens (tertiary/aromatic N) is 4. The van der Waals surface area contributed by atoms with E-state index in [2.05, 4.69) is 25.1 Å². The first-order valence-corrected chi connectivity index (χ1v) is 7.24. The quantitative estimate of drug-likeness (QED) is 0.905. The fourth-order valence-electron chi connectivity index (χ4n) is 2.20. The number of nitrogen functional groups attached to an aromatic ring is 1. The molecule has 100 valence electrons. The van der Waals surface area contributed by atoms with E-state index in [1.165, 1.54) is 0 Å². The molecule has 5 nitrogen and oxygen atoms in total. The first-order valence-electron chi connectivity index (χ1n) is 6.36. The van der Waals surface area contributed by atoms with Crippen molar-refractivity contribution in [3.8, 4) is 0 Å². The number of pyridine rings is 1. The number of aryl methyl sites for hydroxylation is 1. The fourth-order valence-corrected chi connectivity index (χ4v) is 3.06. The third-order valence-corrected chi connectivity index (χ3v) is 4.27. The summed E-state index contributed by atoms with van der Waals surface area (Å²) in [5.41, 5.74) is 7.47. The molecule has 0 spiro atoms. The van der Waals surface area contributed by atoms with Gasteiger partial charge in [0.25, 0.3) is 0 Å². The Bertz CT molecular complexity index is 542. The molecule has 0 saturated carbocycles. The van der Waals surface area contributed by atoms with E-state index in [-0.39, 0.29) is 0 Å². The van der Waals surface area contributed by atoms with E-state index in [0.29, 0.717) is 5.69 Å². The van der Waals surface area contributed by atoms with Gasteiger partial charge in [-0.2, -0.15) is 0 Å². The minimum absolute atomic E-state index is 0.709. The van der Waals surface area contributed by atoms with Gasteiger partial charge in [0.05, 0.1) is 17.6 Å². The van der Waals surface area contributed by atoms with Crippen LogP contribution in [-0.4, -0.2) is 36.1 Å². The van der Waals surface area contributed by atoms with Crippen LogP contribution in [0.5, 0.6) is 0 Å². The topological polar surface area (TPSA) is 58.3 Å². The molecule has 1 aliphatic heterocycles. The summed E-state index contributed by atoms with van der Waals surface area (Å²) in [5, 5.41) is 3.23. The SMILES string of the molecule is Cc1csc(N2CCN(c3ccc(N)cn3)CC2)n1. The summed E-state index contributed by atoms with van der Waals surface area (Å²) in [7, 11) is 0. The third kappa shape index (κ3) is 2.63. The first kappa shape index (κ1) is 12.2. The van der Waals surface area contributed by atoms with Crippen molar-refractivity contribution in [1.29, 1.82) is 0 Å². The van der Waals surface area contributed by atoms with Crippen molar-refractivity contribution >= 4 is 28.0 Å². The standard InChI is InChI=1S/C13H17N5S/c1-10-9-19-13(16-10)18-6-4-17(5-7-18)12-3-2-11(14)8-15-12/h2-3,8-9H,4-7,14H2,1H3. The minimum atomic E-state index is 0.709. The average Bonchev–Trinajstić information content (AvgIpc) is 2.87. The molecule has 3 rings (SSSR count). The van der Waals surface area contributed by atoms with Gasteiger partial charge in [0.15, 0.2) is 5.13 Å². The highest BCUT2D eigenvalue weighted by Gasteiger charge is 2.19. The molecule has 1 aliphatic rings. The van der Waals surface area contributed by atoms with E-state index in [9.17, 15) is 0 Å². The highest BCUT2D eigenvalue weighted by atomic mass is 32.1. The molecule has 0 aromatic carbocycles. The summed E-state index contributed by atoms with van der Waals surface area (Å²) in [4.78, 5) is 13.5. The number of hydrogen-bond donors (Lipinski definition) is 1. The van der Waals surface area contributed by atoms with Gasteiger partial charge >= 0.3 is 0 Å². The number of aromatic nitrogens is 2. The van der Waals surface area contributed by atoms with Crippen LogP contribution < -0.4 is 15.5 Å². The highest BCUT2D eigenvalue weighted by molar-refractivity contribution is 7.13. The summed E-state index contributed by atoms with van der Waals surface area (Å²) in [5.74, 6) is 1.00. The maximum absolute atomic E-state index is 5.66. The number of hydrogen-bond acceptors (Lipinski definition) is 6. The van der Waals surface area contributed by atoms with Crippen molar-refractivity contribution in [3.63, 3.8) is 0 Å². The van der Waals surface area contributed by atoms with Crippen LogP contribution in [0.25, 0.3) is 0 Å². The fraction of sp³-hybridized carbons (Fsp3) is 0.385. The summed E-state index contributed by atoms with van der Waals surface area (Å²) in [6.07, 6.45) is 1.71. The van der Waals surface area contributed by atoms with Gasteiger partial charge in [-0.1, -0.05) is 0 Å². The van der Waals surface area contributed by atoms with E-state index < -0.39 is 0 Å². The Balaban J connectivity index is 1.64. The van der Waals surface area contributed by atoms with Crippen LogP contribution in [0.3, 0.4) is 0 Å². The van der Waals surface area contributed by atoms with Crippen LogP contribution in [0.2, 0.25) is 0 Å². The molecular formula is C13H17N5S. The Labute approximate surface area is 116 Å². The Kier molecular flexibility index (Phi) is 3.25. The molecule has 3 heterocycles. The van der Waals surface area contributed by atoms with Crippen molar-refractivity contribution in [2.75, 3.05) is 41.7 Å². The molecule has 2 aromatic heterocycles. The van der Waals surface area contributed by atoms with Crippen molar-refractivity contribution in [3.05, 3.63) is 29.4 Å². The van der Waals surface area contributed by atoms with Crippen LogP contribution in [0.15, 0.2) is 23.7 Å². The predicted molar refractivity (Wildman–Crippen MR) is 79.9 cm³/mol. The molecular weight excluding hydrogens is 258 g/mol. The smallest absolute Gasteiger partial charge is 0.185 e. The molecule has 0 unspecified atom stereocenters. The maximum atomic E-state index is 5.66. The van der Waals surface area contributed by atoms with Gasteiger partial charge in [-0.05, 0) is 19.1 Å². The summed E-state index contributed by atoms with van der Waals surface area (Å²) in [6.45, 7) is 5.94. The number of piperazine rings is 1. The monoisotopic (exact) mass is 275 g/mol. The van der Waals surface area contributed by atoms with E-state index >= 15 is 0 Å². The summed E-state index contributed by atoms with van der Waals surface area (Å²) in [6, 6.07) is 3.89. The zero-order chi connectivity index (χ0) is 13.2. The number of thiazole rings is 1. The zero-order valence-electron chi connectivity index (χ0n) is 10.9. The van der Waals surface area contributed by atoms with Crippen molar-refractivity contribution < 1.29 is 0 Å². The lowest BCUT2D eigenvalue weighted by Gasteiger charge is -2.35.